The highest BCUT2D eigenvalue weighted by Gasteiger charge is 2.49. The van der Waals surface area contributed by atoms with Gasteiger partial charge in [0, 0.05) is 5.02 Å². The molecule has 0 aliphatic heterocycles. The lowest BCUT2D eigenvalue weighted by Crippen LogP contribution is -2.63. The largest absolute Gasteiger partial charge is 0.392 e. The van der Waals surface area contributed by atoms with Crippen LogP contribution in [0, 0.1) is 0 Å². The smallest absolute Gasteiger partial charge is 0.178 e. The summed E-state index contributed by atoms with van der Waals surface area (Å²) in [6, 6.07) is 0. The van der Waals surface area contributed by atoms with Crippen LogP contribution in [-0.4, -0.2) is 55.6 Å². The number of hydrogen-bond acceptors (Lipinski definition) is 3. The standard InChI is InChI=1S/C12H9B5ClNO2/c13-5-4(9(18)8(16)7(15)6(5)14)11(19)2-1-3-12(17,21)10(11)20/h21H,1-3,19H2. The van der Waals surface area contributed by atoms with Gasteiger partial charge in [-0.3, -0.25) is 4.79 Å². The van der Waals surface area contributed by atoms with Gasteiger partial charge in [-0.05, 0) is 24.8 Å². The molecule has 0 aromatic heterocycles. The molecule has 0 bridgehead atoms. The van der Waals surface area contributed by atoms with Gasteiger partial charge in [-0.2, -0.15) is 0 Å². The second-order valence-electron chi connectivity index (χ2n) is 5.42. The van der Waals surface area contributed by atoms with Crippen LogP contribution in [0.1, 0.15) is 24.8 Å². The molecule has 0 saturated heterocycles. The van der Waals surface area contributed by atoms with E-state index in [0.717, 1.165) is 0 Å². The fraction of sp³-hybridized carbons (Fsp3) is 0.417. The number of carbonyl (C=O) groups is 1. The molecule has 1 fully saturated rings. The van der Waals surface area contributed by atoms with E-state index in [1.165, 1.54) is 0 Å². The van der Waals surface area contributed by atoms with Gasteiger partial charge in [-0.25, -0.2) is 0 Å². The summed E-state index contributed by atoms with van der Waals surface area (Å²) in [5.41, 5.74) is 2.51. The molecule has 9 heteroatoms. The monoisotopic (exact) mass is 289 g/mol. The molecule has 10 radical (unpaired) electrons. The molecular weight excluding hydrogens is 280 g/mol. The normalized spacial score (nSPS) is 29.6. The number of halogens is 1. The Morgan fingerprint density at radius 3 is 2.14 bits per heavy atom. The van der Waals surface area contributed by atoms with Crippen molar-refractivity contribution in [3.8, 4) is 0 Å². The minimum atomic E-state index is -2.05. The molecule has 1 saturated carbocycles. The number of aliphatic hydroxyl groups is 1. The fourth-order valence-electron chi connectivity index (χ4n) is 2.72. The van der Waals surface area contributed by atoms with Gasteiger partial charge in [0.25, 0.3) is 0 Å². The van der Waals surface area contributed by atoms with Crippen LogP contribution in [0.5, 0.6) is 0 Å². The first kappa shape index (κ1) is 16.8. The molecule has 2 atom stereocenters. The molecule has 96 valence electrons. The predicted molar refractivity (Wildman–Crippen MR) is 88.4 cm³/mol. The van der Waals surface area contributed by atoms with Gasteiger partial charge < -0.3 is 10.8 Å². The van der Waals surface area contributed by atoms with Crippen LogP contribution in [0.15, 0.2) is 0 Å². The SMILES string of the molecule is [B]c1c([B])c([B])c(C2(N)CCCC([B])(O)C2=O)c(Cl)c1[B]. The van der Waals surface area contributed by atoms with Gasteiger partial charge in [0.05, 0.1) is 5.50 Å². The summed E-state index contributed by atoms with van der Waals surface area (Å²) in [5, 5.41) is 9.94. The zero-order valence-corrected chi connectivity index (χ0v) is 12.1. The molecule has 0 heterocycles. The summed E-state index contributed by atoms with van der Waals surface area (Å²) < 4.78 is 0. The van der Waals surface area contributed by atoms with Crippen LogP contribution in [0.4, 0.5) is 0 Å². The number of carbonyl (C=O) groups excluding carboxylic acids is 1. The van der Waals surface area contributed by atoms with Crippen molar-refractivity contribution in [3.63, 3.8) is 0 Å². The van der Waals surface area contributed by atoms with Gasteiger partial charge in [0.2, 0.25) is 0 Å². The van der Waals surface area contributed by atoms with E-state index in [2.05, 4.69) is 0 Å². The molecule has 1 aliphatic rings. The Morgan fingerprint density at radius 2 is 1.57 bits per heavy atom. The molecular formula is C12H9B5ClNO2. The summed E-state index contributed by atoms with van der Waals surface area (Å²) >= 11 is 6.16. The molecule has 2 rings (SSSR count). The molecule has 0 amide bonds. The van der Waals surface area contributed by atoms with E-state index in [-0.39, 0.29) is 45.3 Å². The number of benzene rings is 1. The summed E-state index contributed by atoms with van der Waals surface area (Å²) in [7, 11) is 28.8. The first-order valence-corrected chi connectivity index (χ1v) is 6.68. The third kappa shape index (κ3) is 2.41. The number of ketones is 1. The van der Waals surface area contributed by atoms with Crippen LogP contribution >= 0.6 is 11.6 Å². The second-order valence-corrected chi connectivity index (χ2v) is 5.80. The maximum Gasteiger partial charge on any atom is 0.178 e. The van der Waals surface area contributed by atoms with E-state index in [4.69, 9.17) is 56.6 Å². The van der Waals surface area contributed by atoms with Gasteiger partial charge in [0.1, 0.15) is 44.8 Å². The highest BCUT2D eigenvalue weighted by Crippen LogP contribution is 2.37. The summed E-state index contributed by atoms with van der Waals surface area (Å²) in [5.74, 6) is -0.779. The van der Waals surface area contributed by atoms with Gasteiger partial charge >= 0.3 is 0 Å². The van der Waals surface area contributed by atoms with E-state index >= 15 is 0 Å². The minimum absolute atomic E-state index is 0.00402. The molecule has 21 heavy (non-hydrogen) atoms. The second kappa shape index (κ2) is 5.25. The van der Waals surface area contributed by atoms with Crippen molar-refractivity contribution in [1.82, 2.24) is 0 Å². The summed E-state index contributed by atoms with van der Waals surface area (Å²) in [4.78, 5) is 12.5. The summed E-state index contributed by atoms with van der Waals surface area (Å²) in [6.45, 7) is 0. The van der Waals surface area contributed by atoms with Crippen molar-refractivity contribution < 1.29 is 9.90 Å². The Morgan fingerprint density at radius 1 is 1.05 bits per heavy atom. The Kier molecular flexibility index (Phi) is 4.20. The molecule has 1 aromatic carbocycles. The molecule has 3 nitrogen and oxygen atoms in total. The lowest BCUT2D eigenvalue weighted by molar-refractivity contribution is -0.139. The number of Topliss-reactive ketones (excluding diaryl/α,β-unsaturated/α-hetero) is 1. The topological polar surface area (TPSA) is 63.3 Å². The minimum Gasteiger partial charge on any atom is -0.392 e. The fourth-order valence-corrected chi connectivity index (χ4v) is 3.09. The van der Waals surface area contributed by atoms with Crippen LogP contribution < -0.4 is 27.6 Å². The first-order valence-electron chi connectivity index (χ1n) is 6.31. The lowest BCUT2D eigenvalue weighted by Gasteiger charge is -2.42. The molecule has 0 spiro atoms. The van der Waals surface area contributed by atoms with E-state index in [9.17, 15) is 9.90 Å². The van der Waals surface area contributed by atoms with Crippen molar-refractivity contribution in [1.29, 1.82) is 0 Å². The quantitative estimate of drug-likeness (QED) is 0.523. The maximum atomic E-state index is 12.5. The van der Waals surface area contributed by atoms with Crippen molar-refractivity contribution in [2.75, 3.05) is 0 Å². The Bertz CT molecular complexity index is 608. The number of nitrogens with two attached hydrogens (primary N) is 1. The Hall–Kier alpha value is -0.575. The zero-order chi connectivity index (χ0) is 16.2. The third-order valence-electron chi connectivity index (χ3n) is 3.97. The lowest BCUT2D eigenvalue weighted by atomic mass is 9.57. The number of rotatable bonds is 1. The van der Waals surface area contributed by atoms with Crippen LogP contribution in [-0.2, 0) is 10.3 Å². The number of hydrogen-bond donors (Lipinski definition) is 2. The van der Waals surface area contributed by atoms with Gasteiger partial charge in [-0.1, -0.05) is 22.5 Å². The highest BCUT2D eigenvalue weighted by molar-refractivity contribution is 6.65. The zero-order valence-electron chi connectivity index (χ0n) is 11.3. The van der Waals surface area contributed by atoms with E-state index < -0.39 is 16.8 Å². The highest BCUT2D eigenvalue weighted by atomic mass is 35.5. The maximum absolute atomic E-state index is 12.5. The van der Waals surface area contributed by atoms with Crippen molar-refractivity contribution in [2.24, 2.45) is 5.73 Å². The van der Waals surface area contributed by atoms with Gasteiger partial charge in [0.15, 0.2) is 5.78 Å². The summed E-state index contributed by atoms with van der Waals surface area (Å²) in [6.07, 6.45) is 0.718. The van der Waals surface area contributed by atoms with Crippen molar-refractivity contribution >= 4 is 78.5 Å². The predicted octanol–water partition coefficient (Wildman–Crippen LogP) is -3.72. The first-order chi connectivity index (χ1) is 9.54. The average Bonchev–Trinajstić information content (AvgIpc) is 2.40. The van der Waals surface area contributed by atoms with Gasteiger partial charge in [-0.15, -0.1) is 10.9 Å². The Labute approximate surface area is 135 Å². The van der Waals surface area contributed by atoms with Crippen molar-refractivity contribution in [3.05, 3.63) is 10.6 Å². The average molecular weight is 289 g/mol. The molecule has 1 aromatic rings. The molecule has 2 unspecified atom stereocenters. The molecule has 1 aliphatic carbocycles. The Balaban J connectivity index is 2.74. The van der Waals surface area contributed by atoms with E-state index in [0.29, 0.717) is 6.42 Å². The third-order valence-corrected chi connectivity index (χ3v) is 4.36. The van der Waals surface area contributed by atoms with Crippen molar-refractivity contribution in [2.45, 2.75) is 30.3 Å². The van der Waals surface area contributed by atoms with Crippen LogP contribution in [0.25, 0.3) is 0 Å². The molecule has 3 N–H and O–H groups in total. The van der Waals surface area contributed by atoms with E-state index in [1.807, 2.05) is 0 Å². The van der Waals surface area contributed by atoms with Crippen LogP contribution in [0.3, 0.4) is 0 Å². The van der Waals surface area contributed by atoms with E-state index in [1.54, 1.807) is 0 Å². The van der Waals surface area contributed by atoms with Crippen LogP contribution in [0.2, 0.25) is 5.02 Å².